The smallest absolute Gasteiger partial charge is 0.307 e. The number of carbonyl (C=O) groups is 1. The molecular formula is C13H10BrNO2S. The topological polar surface area (TPSA) is 50.2 Å². The standard InChI is InChI=1S/C13H10BrNO2S/c14-8-3-1-2-7(4-8)12-15-11(6-18-12)9-5-10(9)13(16)17/h1-4,6,9-10H,5H2,(H,16,17). The van der Waals surface area contributed by atoms with Crippen molar-refractivity contribution in [3.8, 4) is 10.6 Å². The van der Waals surface area contributed by atoms with Gasteiger partial charge in [0.25, 0.3) is 0 Å². The second kappa shape index (κ2) is 4.48. The third-order valence-electron chi connectivity index (χ3n) is 3.08. The van der Waals surface area contributed by atoms with Crippen LogP contribution in [-0.2, 0) is 4.79 Å². The zero-order valence-corrected chi connectivity index (χ0v) is 11.7. The van der Waals surface area contributed by atoms with Crippen LogP contribution >= 0.6 is 27.3 Å². The van der Waals surface area contributed by atoms with Crippen LogP contribution < -0.4 is 0 Å². The molecule has 1 aliphatic carbocycles. The zero-order valence-electron chi connectivity index (χ0n) is 9.34. The first-order chi connectivity index (χ1) is 8.65. The maximum Gasteiger partial charge on any atom is 0.307 e. The average molecular weight is 324 g/mol. The van der Waals surface area contributed by atoms with Crippen LogP contribution in [0.25, 0.3) is 10.6 Å². The summed E-state index contributed by atoms with van der Waals surface area (Å²) in [6.07, 6.45) is 0.719. The number of aromatic nitrogens is 1. The second-order valence-corrected chi connectivity index (χ2v) is 6.15. The zero-order chi connectivity index (χ0) is 12.7. The maximum absolute atomic E-state index is 10.8. The summed E-state index contributed by atoms with van der Waals surface area (Å²) in [5, 5.41) is 11.8. The van der Waals surface area contributed by atoms with Crippen LogP contribution in [0.4, 0.5) is 0 Å². The molecule has 0 bridgehead atoms. The molecule has 0 spiro atoms. The van der Waals surface area contributed by atoms with E-state index in [4.69, 9.17) is 5.11 Å². The number of hydrogen-bond acceptors (Lipinski definition) is 3. The first-order valence-corrected chi connectivity index (χ1v) is 7.26. The summed E-state index contributed by atoms with van der Waals surface area (Å²) in [5.74, 6) is -0.834. The molecule has 1 fully saturated rings. The van der Waals surface area contributed by atoms with Gasteiger partial charge >= 0.3 is 5.97 Å². The molecule has 92 valence electrons. The van der Waals surface area contributed by atoms with Gasteiger partial charge in [-0.25, -0.2) is 4.98 Å². The molecule has 2 atom stereocenters. The minimum absolute atomic E-state index is 0.111. The minimum atomic E-state index is -0.711. The number of nitrogens with zero attached hydrogens (tertiary/aromatic N) is 1. The number of benzene rings is 1. The first-order valence-electron chi connectivity index (χ1n) is 5.59. The quantitative estimate of drug-likeness (QED) is 0.935. The van der Waals surface area contributed by atoms with Gasteiger partial charge in [-0.05, 0) is 18.6 Å². The Morgan fingerprint density at radius 3 is 3.00 bits per heavy atom. The molecule has 0 aliphatic heterocycles. The molecule has 18 heavy (non-hydrogen) atoms. The van der Waals surface area contributed by atoms with Gasteiger partial charge in [-0.15, -0.1) is 11.3 Å². The fourth-order valence-corrected chi connectivity index (χ4v) is 3.29. The van der Waals surface area contributed by atoms with Crippen molar-refractivity contribution >= 4 is 33.2 Å². The largest absolute Gasteiger partial charge is 0.481 e. The van der Waals surface area contributed by atoms with Crippen LogP contribution in [0.2, 0.25) is 0 Å². The predicted octanol–water partition coefficient (Wildman–Crippen LogP) is 3.76. The Morgan fingerprint density at radius 2 is 2.33 bits per heavy atom. The van der Waals surface area contributed by atoms with Gasteiger partial charge in [0.1, 0.15) is 5.01 Å². The summed E-state index contributed by atoms with van der Waals surface area (Å²) in [4.78, 5) is 15.4. The van der Waals surface area contributed by atoms with Gasteiger partial charge in [-0.3, -0.25) is 4.79 Å². The number of carboxylic acid groups (broad SMARTS) is 1. The molecule has 1 aromatic carbocycles. The van der Waals surface area contributed by atoms with Gasteiger partial charge in [0.15, 0.2) is 0 Å². The van der Waals surface area contributed by atoms with Crippen LogP contribution in [-0.4, -0.2) is 16.1 Å². The predicted molar refractivity (Wildman–Crippen MR) is 73.7 cm³/mol. The van der Waals surface area contributed by atoms with Crippen molar-refractivity contribution < 1.29 is 9.90 Å². The lowest BCUT2D eigenvalue weighted by molar-refractivity contribution is -0.138. The van der Waals surface area contributed by atoms with E-state index in [0.29, 0.717) is 0 Å². The lowest BCUT2D eigenvalue weighted by Crippen LogP contribution is -1.98. The molecule has 1 aromatic heterocycles. The number of halogens is 1. The fourth-order valence-electron chi connectivity index (χ4n) is 2.01. The SMILES string of the molecule is O=C(O)C1CC1c1csc(-c2cccc(Br)c2)n1. The highest BCUT2D eigenvalue weighted by Gasteiger charge is 2.45. The summed E-state index contributed by atoms with van der Waals surface area (Å²) >= 11 is 5.00. The van der Waals surface area contributed by atoms with Crippen LogP contribution in [0, 0.1) is 5.92 Å². The second-order valence-electron chi connectivity index (χ2n) is 4.37. The Kier molecular flexibility index (Phi) is 2.95. The summed E-state index contributed by atoms with van der Waals surface area (Å²) < 4.78 is 1.02. The molecule has 1 aliphatic rings. The molecule has 1 saturated carbocycles. The number of rotatable bonds is 3. The monoisotopic (exact) mass is 323 g/mol. The van der Waals surface area contributed by atoms with Crippen LogP contribution in [0.3, 0.4) is 0 Å². The van der Waals surface area contributed by atoms with Gasteiger partial charge in [0.2, 0.25) is 0 Å². The lowest BCUT2D eigenvalue weighted by atomic mass is 10.2. The summed E-state index contributed by atoms with van der Waals surface area (Å²) in [6, 6.07) is 7.97. The summed E-state index contributed by atoms with van der Waals surface area (Å²) in [5.41, 5.74) is 1.98. The van der Waals surface area contributed by atoms with Crippen molar-refractivity contribution in [3.05, 3.63) is 39.8 Å². The van der Waals surface area contributed by atoms with Crippen LogP contribution in [0.15, 0.2) is 34.1 Å². The third kappa shape index (κ3) is 2.20. The van der Waals surface area contributed by atoms with Gasteiger partial charge in [0.05, 0.1) is 11.6 Å². The van der Waals surface area contributed by atoms with E-state index in [9.17, 15) is 4.79 Å². The third-order valence-corrected chi connectivity index (χ3v) is 4.48. The van der Waals surface area contributed by atoms with E-state index in [0.717, 1.165) is 27.2 Å². The van der Waals surface area contributed by atoms with Gasteiger partial charge in [-0.1, -0.05) is 28.1 Å². The molecular weight excluding hydrogens is 314 g/mol. The molecule has 0 amide bonds. The Balaban J connectivity index is 1.84. The molecule has 5 heteroatoms. The first kappa shape index (κ1) is 11.9. The molecule has 1 heterocycles. The Labute approximate surface area is 117 Å². The van der Waals surface area contributed by atoms with Crippen molar-refractivity contribution in [2.75, 3.05) is 0 Å². The van der Waals surface area contributed by atoms with E-state index in [1.54, 1.807) is 11.3 Å². The summed E-state index contributed by atoms with van der Waals surface area (Å²) in [6.45, 7) is 0. The van der Waals surface area contributed by atoms with E-state index in [2.05, 4.69) is 20.9 Å². The van der Waals surface area contributed by atoms with Crippen molar-refractivity contribution in [1.82, 2.24) is 4.98 Å². The number of thiazole rings is 1. The van der Waals surface area contributed by atoms with Crippen LogP contribution in [0.1, 0.15) is 18.0 Å². The molecule has 2 unspecified atom stereocenters. The van der Waals surface area contributed by atoms with Crippen molar-refractivity contribution in [2.24, 2.45) is 5.92 Å². The van der Waals surface area contributed by atoms with E-state index in [1.165, 1.54) is 0 Å². The molecule has 2 aromatic rings. The van der Waals surface area contributed by atoms with E-state index in [1.807, 2.05) is 29.6 Å². The minimum Gasteiger partial charge on any atom is -0.481 e. The van der Waals surface area contributed by atoms with Crippen molar-refractivity contribution in [1.29, 1.82) is 0 Å². The molecule has 3 nitrogen and oxygen atoms in total. The normalized spacial score (nSPS) is 21.8. The fraction of sp³-hybridized carbons (Fsp3) is 0.231. The van der Waals surface area contributed by atoms with Gasteiger partial charge in [-0.2, -0.15) is 0 Å². The van der Waals surface area contributed by atoms with Crippen LogP contribution in [0.5, 0.6) is 0 Å². The van der Waals surface area contributed by atoms with Crippen molar-refractivity contribution in [2.45, 2.75) is 12.3 Å². The highest BCUT2D eigenvalue weighted by Crippen LogP contribution is 2.48. The maximum atomic E-state index is 10.8. The number of aliphatic carboxylic acids is 1. The Morgan fingerprint density at radius 1 is 1.50 bits per heavy atom. The number of carboxylic acids is 1. The van der Waals surface area contributed by atoms with E-state index >= 15 is 0 Å². The molecule has 0 saturated heterocycles. The lowest BCUT2D eigenvalue weighted by Gasteiger charge is -1.96. The number of hydrogen-bond donors (Lipinski definition) is 1. The average Bonchev–Trinajstić information content (AvgIpc) is 3.00. The molecule has 3 rings (SSSR count). The Hall–Kier alpha value is -1.20. The van der Waals surface area contributed by atoms with Gasteiger partial charge in [0, 0.05) is 21.3 Å². The van der Waals surface area contributed by atoms with Gasteiger partial charge < -0.3 is 5.11 Å². The highest BCUT2D eigenvalue weighted by atomic mass is 79.9. The Bertz CT molecular complexity index is 611. The van der Waals surface area contributed by atoms with Crippen molar-refractivity contribution in [3.63, 3.8) is 0 Å². The highest BCUT2D eigenvalue weighted by molar-refractivity contribution is 9.10. The van der Waals surface area contributed by atoms with E-state index in [-0.39, 0.29) is 11.8 Å². The molecule has 0 radical (unpaired) electrons. The summed E-state index contributed by atoms with van der Waals surface area (Å²) in [7, 11) is 0. The van der Waals surface area contributed by atoms with E-state index < -0.39 is 5.97 Å². The molecule has 1 N–H and O–H groups in total.